The molecule has 10 aromatic carbocycles. The van der Waals surface area contributed by atoms with Crippen molar-refractivity contribution in [3.05, 3.63) is 236 Å². The maximum Gasteiger partial charge on any atom is 0.164 e. The Morgan fingerprint density at radius 2 is 0.847 bits per heavy atom. The van der Waals surface area contributed by atoms with Gasteiger partial charge in [-0.15, -0.1) is 0 Å². The minimum atomic E-state index is 0.416. The van der Waals surface area contributed by atoms with Crippen LogP contribution in [-0.4, -0.2) is 23.7 Å². The lowest BCUT2D eigenvalue weighted by molar-refractivity contribution is 0.669. The van der Waals surface area contributed by atoms with E-state index in [-0.39, 0.29) is 0 Å². The predicted octanol–water partition coefficient (Wildman–Crippen LogP) is 16.5. The van der Waals surface area contributed by atoms with Gasteiger partial charge in [-0.3, -0.25) is 0 Å². The number of hydrogen-bond donors (Lipinski definition) is 0. The number of hydrogen-bond acceptors (Lipinski definition) is 4. The number of rotatable bonds is 6. The first-order chi connectivity index (χ1) is 35.7. The summed E-state index contributed by atoms with van der Waals surface area (Å²) >= 11 is 0. The fraction of sp³-hybridized carbons (Fsp3) is 0. The van der Waals surface area contributed by atoms with Gasteiger partial charge in [-0.05, 0) is 78.9 Å². The second kappa shape index (κ2) is 15.5. The summed E-state index contributed by atoms with van der Waals surface area (Å²) in [7, 11) is 0. The molecule has 0 aliphatic carbocycles. The average Bonchev–Trinajstić information content (AvgIpc) is 4.19. The lowest BCUT2D eigenvalue weighted by Gasteiger charge is -2.14. The zero-order valence-electron chi connectivity index (χ0n) is 38.5. The zero-order chi connectivity index (χ0) is 47.4. The summed E-state index contributed by atoms with van der Waals surface area (Å²) in [5.41, 5.74) is 15.2. The van der Waals surface area contributed by atoms with Crippen LogP contribution in [0.2, 0.25) is 0 Å². The second-order valence-electron chi connectivity index (χ2n) is 18.4. The van der Waals surface area contributed by atoms with Crippen LogP contribution >= 0.6 is 0 Å². The van der Waals surface area contributed by atoms with E-state index in [1.54, 1.807) is 0 Å². The summed E-state index contributed by atoms with van der Waals surface area (Å²) in [5, 5.41) is 19.7. The molecule has 0 unspecified atom stereocenters. The van der Waals surface area contributed by atoms with Gasteiger partial charge in [-0.2, -0.15) is 5.26 Å². The van der Waals surface area contributed by atoms with E-state index in [1.807, 2.05) is 72.8 Å². The van der Waals surface area contributed by atoms with Gasteiger partial charge >= 0.3 is 0 Å². The van der Waals surface area contributed by atoms with Crippen molar-refractivity contribution in [2.75, 3.05) is 0 Å². The molecule has 0 fully saturated rings. The molecule has 5 heterocycles. The van der Waals surface area contributed by atoms with Crippen molar-refractivity contribution >= 4 is 87.4 Å². The fourth-order valence-corrected chi connectivity index (χ4v) is 11.4. The molecule has 0 spiro atoms. The Bertz CT molecular complexity index is 4630. The third kappa shape index (κ3) is 5.78. The molecular formula is C65H38N6O. The molecule has 5 aromatic heterocycles. The first kappa shape index (κ1) is 39.9. The van der Waals surface area contributed by atoms with Crippen LogP contribution in [0.15, 0.2) is 235 Å². The number of furan rings is 1. The standard InChI is InChI=1S/C65H38N6O/c66-39-52-62(40-18-4-1-5-19-40)67-65(68-63(52)41-20-6-2-7-21-41)48-33-35-57(61-47-27-13-17-31-60(47)72-64(48)61)71-56-34-32-43(70-53-28-14-10-24-44(53)45-25-11-15-29-54(45)70)36-49(56)51-38-58-50(37-59(51)71)46-26-12-16-30-55(46)69(58)42-22-8-3-9-23-42/h1-38H. The lowest BCUT2D eigenvalue weighted by Crippen LogP contribution is -2.02. The molecule has 7 nitrogen and oxygen atoms in total. The van der Waals surface area contributed by atoms with Crippen molar-refractivity contribution in [2.45, 2.75) is 0 Å². The number of benzene rings is 10. The normalized spacial score (nSPS) is 11.9. The van der Waals surface area contributed by atoms with Gasteiger partial charge < -0.3 is 18.1 Å². The molecule has 0 aliphatic rings. The van der Waals surface area contributed by atoms with E-state index >= 15 is 0 Å². The molecule has 0 atom stereocenters. The van der Waals surface area contributed by atoms with E-state index in [1.165, 1.54) is 16.2 Å². The van der Waals surface area contributed by atoms with E-state index < -0.39 is 0 Å². The second-order valence-corrected chi connectivity index (χ2v) is 18.4. The van der Waals surface area contributed by atoms with Gasteiger partial charge in [0, 0.05) is 60.2 Å². The molecule has 0 radical (unpaired) electrons. The Morgan fingerprint density at radius 3 is 1.46 bits per heavy atom. The number of aromatic nitrogens is 5. The molecular weight excluding hydrogens is 881 g/mol. The summed E-state index contributed by atoms with van der Waals surface area (Å²) in [4.78, 5) is 10.5. The fourth-order valence-electron chi connectivity index (χ4n) is 11.4. The highest BCUT2D eigenvalue weighted by Gasteiger charge is 2.26. The van der Waals surface area contributed by atoms with E-state index in [2.05, 4.69) is 177 Å². The molecule has 0 amide bonds. The van der Waals surface area contributed by atoms with Gasteiger partial charge in [-0.25, -0.2) is 9.97 Å². The van der Waals surface area contributed by atoms with E-state index in [9.17, 15) is 5.26 Å². The Labute approximate surface area is 411 Å². The van der Waals surface area contributed by atoms with Crippen LogP contribution in [-0.2, 0) is 0 Å². The zero-order valence-corrected chi connectivity index (χ0v) is 38.5. The van der Waals surface area contributed by atoms with Gasteiger partial charge in [0.1, 0.15) is 22.8 Å². The van der Waals surface area contributed by atoms with Gasteiger partial charge in [0.2, 0.25) is 0 Å². The van der Waals surface area contributed by atoms with Crippen LogP contribution in [0.5, 0.6) is 0 Å². The molecule has 7 heteroatoms. The van der Waals surface area contributed by atoms with Crippen LogP contribution in [0.25, 0.3) is 138 Å². The van der Waals surface area contributed by atoms with Crippen molar-refractivity contribution in [3.63, 3.8) is 0 Å². The SMILES string of the molecule is N#Cc1c(-c2ccccc2)nc(-c2ccc(-n3c4ccc(-n5c6ccccc6c6ccccc65)cc4c4cc5c(cc43)c3ccccc3n5-c3ccccc3)c3c2oc2ccccc23)nc1-c1ccccc1. The molecule has 0 aliphatic heterocycles. The maximum absolute atomic E-state index is 10.8. The van der Waals surface area contributed by atoms with Crippen molar-refractivity contribution in [2.24, 2.45) is 0 Å². The molecule has 334 valence electrons. The van der Waals surface area contributed by atoms with Crippen molar-refractivity contribution < 1.29 is 4.42 Å². The first-order valence-corrected chi connectivity index (χ1v) is 24.1. The minimum Gasteiger partial charge on any atom is -0.455 e. The quantitative estimate of drug-likeness (QED) is 0.166. The summed E-state index contributed by atoms with van der Waals surface area (Å²) < 4.78 is 14.2. The van der Waals surface area contributed by atoms with Crippen LogP contribution in [0.1, 0.15) is 5.56 Å². The summed E-state index contributed by atoms with van der Waals surface area (Å²) in [6.07, 6.45) is 0. The smallest absolute Gasteiger partial charge is 0.164 e. The Balaban J connectivity index is 1.06. The number of nitriles is 1. The third-order valence-electron chi connectivity index (χ3n) is 14.5. The van der Waals surface area contributed by atoms with Crippen molar-refractivity contribution in [1.29, 1.82) is 5.26 Å². The molecule has 0 saturated heterocycles. The van der Waals surface area contributed by atoms with E-state index in [0.29, 0.717) is 28.4 Å². The van der Waals surface area contributed by atoms with Crippen molar-refractivity contribution in [3.8, 4) is 57.0 Å². The molecule has 72 heavy (non-hydrogen) atoms. The molecule has 0 bridgehead atoms. The molecule has 15 aromatic rings. The maximum atomic E-state index is 10.8. The summed E-state index contributed by atoms with van der Waals surface area (Å²) in [6, 6.07) is 83.2. The van der Waals surface area contributed by atoms with Crippen LogP contribution < -0.4 is 0 Å². The predicted molar refractivity (Wildman–Crippen MR) is 293 cm³/mol. The van der Waals surface area contributed by atoms with Crippen molar-refractivity contribution in [1.82, 2.24) is 23.7 Å². The number of para-hydroxylation sites is 5. The molecule has 0 saturated carbocycles. The van der Waals surface area contributed by atoms with Gasteiger partial charge in [0.05, 0.1) is 61.1 Å². The number of nitrogens with zero attached hydrogens (tertiary/aromatic N) is 6. The Morgan fingerprint density at radius 1 is 0.375 bits per heavy atom. The highest BCUT2D eigenvalue weighted by atomic mass is 16.3. The van der Waals surface area contributed by atoms with Gasteiger partial charge in [-0.1, -0.05) is 152 Å². The average molecular weight is 919 g/mol. The van der Waals surface area contributed by atoms with E-state index in [0.717, 1.165) is 99.4 Å². The topological polar surface area (TPSA) is 77.5 Å². The molecule has 15 rings (SSSR count). The van der Waals surface area contributed by atoms with Gasteiger partial charge in [0.25, 0.3) is 0 Å². The van der Waals surface area contributed by atoms with Crippen LogP contribution in [0, 0.1) is 11.3 Å². The largest absolute Gasteiger partial charge is 0.455 e. The lowest BCUT2D eigenvalue weighted by atomic mass is 9.99. The monoisotopic (exact) mass is 918 g/mol. The Hall–Kier alpha value is -10.0. The number of fused-ring (bicyclic) bond motifs is 12. The minimum absolute atomic E-state index is 0.416. The third-order valence-corrected chi connectivity index (χ3v) is 14.5. The van der Waals surface area contributed by atoms with Crippen LogP contribution in [0.3, 0.4) is 0 Å². The summed E-state index contributed by atoms with van der Waals surface area (Å²) in [5.74, 6) is 0.468. The Kier molecular flexibility index (Phi) is 8.59. The summed E-state index contributed by atoms with van der Waals surface area (Å²) in [6.45, 7) is 0. The highest BCUT2D eigenvalue weighted by Crippen LogP contribution is 2.46. The van der Waals surface area contributed by atoms with E-state index in [4.69, 9.17) is 14.4 Å². The van der Waals surface area contributed by atoms with Gasteiger partial charge in [0.15, 0.2) is 5.82 Å². The highest BCUT2D eigenvalue weighted by molar-refractivity contribution is 6.21. The first-order valence-electron chi connectivity index (χ1n) is 24.1. The van der Waals surface area contributed by atoms with Crippen LogP contribution in [0.4, 0.5) is 0 Å². The molecule has 0 N–H and O–H groups in total.